The van der Waals surface area contributed by atoms with Gasteiger partial charge in [0.25, 0.3) is 0 Å². The van der Waals surface area contributed by atoms with E-state index in [4.69, 9.17) is 14.4 Å². The van der Waals surface area contributed by atoms with E-state index in [0.29, 0.717) is 0 Å². The molecule has 1 radical (unpaired) electrons. The van der Waals surface area contributed by atoms with Crippen molar-refractivity contribution in [2.75, 3.05) is 0 Å². The molecule has 0 saturated carbocycles. The van der Waals surface area contributed by atoms with E-state index >= 15 is 0 Å². The Morgan fingerprint density at radius 2 is 1.36 bits per heavy atom. The third kappa shape index (κ3) is 7.23. The SMILES string of the molecule is CC1(C)c2nc3ccccc3nc2-c2[c-]cc([Si](C)(C)C)c3oc4c([Si](C)(C)C)ccc1c4c23.CCC(CC)C(=O)/C=C(\O)C(CC)CC.[Ir]. The van der Waals surface area contributed by atoms with Gasteiger partial charge < -0.3 is 9.52 Å². The van der Waals surface area contributed by atoms with Crippen LogP contribution in [0.1, 0.15) is 78.5 Å². The number of para-hydroxylation sites is 2. The van der Waals surface area contributed by atoms with E-state index < -0.39 is 16.1 Å². The van der Waals surface area contributed by atoms with Crippen molar-refractivity contribution in [2.45, 2.75) is 112 Å². The molecule has 3 aromatic carbocycles. The van der Waals surface area contributed by atoms with Gasteiger partial charge in [-0.15, -0.1) is 17.7 Å². The molecule has 0 unspecified atom stereocenters. The van der Waals surface area contributed by atoms with Gasteiger partial charge in [-0.2, -0.15) is 0 Å². The van der Waals surface area contributed by atoms with Crippen LogP contribution < -0.4 is 10.4 Å². The maximum atomic E-state index is 11.7. The molecule has 0 spiro atoms. The number of furan rings is 1. The number of aliphatic hydroxyl groups is 1. The molecule has 0 saturated heterocycles. The van der Waals surface area contributed by atoms with Crippen LogP contribution in [0.3, 0.4) is 0 Å². The first-order valence-corrected chi connectivity index (χ1v) is 25.2. The normalized spacial score (nSPS) is 14.2. The van der Waals surface area contributed by atoms with Crippen LogP contribution >= 0.6 is 0 Å². The number of hydrogen-bond acceptors (Lipinski definition) is 5. The van der Waals surface area contributed by atoms with E-state index in [1.54, 1.807) is 0 Å². The molecule has 0 amide bonds. The smallest absolute Gasteiger partial charge is 0.162 e. The minimum Gasteiger partial charge on any atom is -0.512 e. The van der Waals surface area contributed by atoms with E-state index in [1.165, 1.54) is 32.8 Å². The second-order valence-corrected chi connectivity index (χ2v) is 26.4. The first-order chi connectivity index (χ1) is 23.0. The average molecular weight is 884 g/mol. The van der Waals surface area contributed by atoms with Crippen molar-refractivity contribution < 1.29 is 34.4 Å². The van der Waals surface area contributed by atoms with Crippen molar-refractivity contribution in [3.8, 4) is 11.3 Å². The molecule has 50 heavy (non-hydrogen) atoms. The Labute approximate surface area is 314 Å². The van der Waals surface area contributed by atoms with Gasteiger partial charge in [-0.3, -0.25) is 14.8 Å². The average Bonchev–Trinajstić information content (AvgIpc) is 3.40. The van der Waals surface area contributed by atoms with Crippen LogP contribution in [0, 0.1) is 17.9 Å². The maximum Gasteiger partial charge on any atom is 0.162 e. The number of fused-ring (bicyclic) bond motifs is 3. The van der Waals surface area contributed by atoms with Crippen LogP contribution in [-0.4, -0.2) is 37.0 Å². The Bertz CT molecular complexity index is 2060. The van der Waals surface area contributed by atoms with Crippen molar-refractivity contribution in [2.24, 2.45) is 11.8 Å². The molecule has 8 heteroatoms. The monoisotopic (exact) mass is 884 g/mol. The van der Waals surface area contributed by atoms with Gasteiger partial charge in [0, 0.05) is 62.9 Å². The molecular formula is C42H55IrN2O3Si2-. The van der Waals surface area contributed by atoms with Gasteiger partial charge in [0.2, 0.25) is 0 Å². The first kappa shape index (κ1) is 39.9. The van der Waals surface area contributed by atoms with E-state index in [0.717, 1.165) is 64.8 Å². The zero-order valence-corrected chi connectivity index (χ0v) is 36.5. The molecule has 1 aliphatic carbocycles. The second kappa shape index (κ2) is 15.0. The Morgan fingerprint density at radius 3 is 1.90 bits per heavy atom. The molecule has 5 nitrogen and oxygen atoms in total. The van der Waals surface area contributed by atoms with Crippen LogP contribution in [0.5, 0.6) is 0 Å². The Morgan fingerprint density at radius 1 is 0.820 bits per heavy atom. The summed E-state index contributed by atoms with van der Waals surface area (Å²) in [5, 5.41) is 14.9. The molecule has 1 aliphatic rings. The molecule has 0 atom stereocenters. The molecule has 0 bridgehead atoms. The summed E-state index contributed by atoms with van der Waals surface area (Å²) in [5.74, 6) is 0.547. The van der Waals surface area contributed by atoms with Crippen molar-refractivity contribution in [3.05, 3.63) is 71.6 Å². The number of carbonyl (C=O) groups is 1. The van der Waals surface area contributed by atoms with Crippen molar-refractivity contribution in [3.63, 3.8) is 0 Å². The maximum absolute atomic E-state index is 11.7. The van der Waals surface area contributed by atoms with Crippen molar-refractivity contribution >= 4 is 65.3 Å². The summed E-state index contributed by atoms with van der Waals surface area (Å²) in [6, 6.07) is 18.7. The van der Waals surface area contributed by atoms with Gasteiger partial charge in [0.1, 0.15) is 5.58 Å². The number of nitrogens with zero attached hydrogens (tertiary/aromatic N) is 2. The van der Waals surface area contributed by atoms with Gasteiger partial charge in [-0.25, -0.2) is 0 Å². The Balaban J connectivity index is 0.000000301. The summed E-state index contributed by atoms with van der Waals surface area (Å²) in [7, 11) is -3.32. The predicted molar refractivity (Wildman–Crippen MR) is 213 cm³/mol. The number of rotatable bonds is 9. The largest absolute Gasteiger partial charge is 0.512 e. The summed E-state index contributed by atoms with van der Waals surface area (Å²) < 4.78 is 6.92. The predicted octanol–water partition coefficient (Wildman–Crippen LogP) is 10.6. The zero-order chi connectivity index (χ0) is 36.1. The second-order valence-electron chi connectivity index (χ2n) is 16.3. The minimum absolute atomic E-state index is 0. The molecule has 2 heterocycles. The van der Waals surface area contributed by atoms with Gasteiger partial charge in [0.15, 0.2) is 5.78 Å². The number of carbonyl (C=O) groups excluding carboxylic acids is 1. The summed E-state index contributed by atoms with van der Waals surface area (Å²) in [5.41, 5.74) is 7.88. The molecule has 1 N–H and O–H groups in total. The number of ketones is 1. The molecule has 0 aliphatic heterocycles. The molecule has 5 aromatic rings. The van der Waals surface area contributed by atoms with E-state index in [1.807, 2.05) is 39.8 Å². The number of allylic oxidation sites excluding steroid dienone is 2. The number of aliphatic hydroxyl groups excluding tert-OH is 1. The molecular weight excluding hydrogens is 829 g/mol. The van der Waals surface area contributed by atoms with Crippen molar-refractivity contribution in [1.29, 1.82) is 0 Å². The molecule has 2 aromatic heterocycles. The third-order valence-corrected chi connectivity index (χ3v) is 14.5. The van der Waals surface area contributed by atoms with Crippen LogP contribution in [0.4, 0.5) is 0 Å². The van der Waals surface area contributed by atoms with Gasteiger partial charge in [0.05, 0.1) is 30.4 Å². The van der Waals surface area contributed by atoms with Gasteiger partial charge in [-0.05, 0) is 54.0 Å². The topological polar surface area (TPSA) is 76.2 Å². The fourth-order valence-electron chi connectivity index (χ4n) is 7.29. The van der Waals surface area contributed by atoms with Gasteiger partial charge >= 0.3 is 0 Å². The van der Waals surface area contributed by atoms with Crippen molar-refractivity contribution in [1.82, 2.24) is 9.97 Å². The van der Waals surface area contributed by atoms with Crippen LogP contribution in [-0.2, 0) is 30.3 Å². The molecule has 269 valence electrons. The molecule has 0 fully saturated rings. The summed E-state index contributed by atoms with van der Waals surface area (Å²) in [6.45, 7) is 27.0. The van der Waals surface area contributed by atoms with Gasteiger partial charge in [-0.1, -0.05) is 116 Å². The van der Waals surface area contributed by atoms with Crippen LogP contribution in [0.15, 0.2) is 58.7 Å². The fraction of sp³-hybridized carbons (Fsp3) is 0.452. The minimum atomic E-state index is -1.68. The van der Waals surface area contributed by atoms with E-state index in [9.17, 15) is 9.90 Å². The standard InChI is InChI=1S/C29H31N2OSi2.C13H24O2.Ir/c1-29(2)18-14-16-22(34(6,7)8)27-24(18)23-17(13-15-21(26(23)32-27)33(3,4)5)25-28(29)31-20-12-10-9-11-19(20)30-25;1-5-10(6-2)12(14)9-13(15)11(7-3)8-4;/h9-12,14-16H,1-8H3;9-11,14H,5-8H2,1-4H3;/q-1;;/b;12-9-;. The number of aromatic nitrogens is 2. The number of hydrogen-bond donors (Lipinski definition) is 1. The molecule has 6 rings (SSSR count). The summed E-state index contributed by atoms with van der Waals surface area (Å²) >= 11 is 0. The summed E-state index contributed by atoms with van der Waals surface area (Å²) in [4.78, 5) is 22.1. The van der Waals surface area contributed by atoms with Crippen LogP contribution in [0.25, 0.3) is 44.2 Å². The van der Waals surface area contributed by atoms with E-state index in [2.05, 4.69) is 89.5 Å². The number of benzene rings is 3. The third-order valence-electron chi connectivity index (χ3n) is 10.5. The first-order valence-electron chi connectivity index (χ1n) is 18.2. The Hall–Kier alpha value is -2.91. The van der Waals surface area contributed by atoms with Crippen LogP contribution in [0.2, 0.25) is 39.3 Å². The fourth-order valence-corrected chi connectivity index (χ4v) is 10.1. The summed E-state index contributed by atoms with van der Waals surface area (Å²) in [6.07, 6.45) is 4.91. The van der Waals surface area contributed by atoms with E-state index in [-0.39, 0.29) is 48.9 Å². The quantitative estimate of drug-likeness (QED) is 0.0691. The zero-order valence-electron chi connectivity index (χ0n) is 32.1. The Kier molecular flexibility index (Phi) is 11.9.